The van der Waals surface area contributed by atoms with E-state index in [9.17, 15) is 14.7 Å². The number of Topliss-reactive ketones (excluding diaryl/α,β-unsaturated/α-hetero) is 1. The molecule has 1 aromatic carbocycles. The van der Waals surface area contributed by atoms with Crippen LogP contribution in [0.15, 0.2) is 29.8 Å². The molecule has 0 saturated heterocycles. The average Bonchev–Trinajstić information content (AvgIpc) is 2.63. The van der Waals surface area contributed by atoms with E-state index in [2.05, 4.69) is 5.32 Å². The summed E-state index contributed by atoms with van der Waals surface area (Å²) >= 11 is 0. The Morgan fingerprint density at radius 3 is 2.56 bits per heavy atom. The molecule has 0 aromatic heterocycles. The fraction of sp³-hybridized carbons (Fsp3) is 0.286. The summed E-state index contributed by atoms with van der Waals surface area (Å²) in [6.45, 7) is 2.52. The second-order valence-electron chi connectivity index (χ2n) is 4.21. The Morgan fingerprint density at radius 1 is 1.28 bits per heavy atom. The van der Waals surface area contributed by atoms with Gasteiger partial charge in [0.2, 0.25) is 5.78 Å². The van der Waals surface area contributed by atoms with Crippen molar-refractivity contribution in [3.8, 4) is 0 Å². The number of rotatable bonds is 4. The third kappa shape index (κ3) is 2.01. The molecule has 0 bridgehead atoms. The number of benzene rings is 1. The van der Waals surface area contributed by atoms with Crippen LogP contribution in [0.25, 0.3) is 5.76 Å². The molecule has 4 heteroatoms. The molecule has 0 heterocycles. The van der Waals surface area contributed by atoms with Gasteiger partial charge in [-0.25, -0.2) is 0 Å². The first-order valence-corrected chi connectivity index (χ1v) is 6.02. The minimum absolute atomic E-state index is 0.146. The standard InChI is InChI=1S/C14H15NO3/c1-2-3-8-15-14(18)11-12(16)9-6-4-5-7-10(9)13(11)17/h4-7,16H,2-3,8H2,1H3,(H,15,18). The number of ketones is 1. The number of nitrogens with one attached hydrogen (secondary N) is 1. The van der Waals surface area contributed by atoms with E-state index in [1.165, 1.54) is 0 Å². The van der Waals surface area contributed by atoms with Crippen molar-refractivity contribution in [2.24, 2.45) is 0 Å². The highest BCUT2D eigenvalue weighted by Crippen LogP contribution is 2.30. The van der Waals surface area contributed by atoms with Gasteiger partial charge in [-0.1, -0.05) is 37.6 Å². The molecule has 1 aliphatic carbocycles. The van der Waals surface area contributed by atoms with Gasteiger partial charge >= 0.3 is 0 Å². The van der Waals surface area contributed by atoms with E-state index >= 15 is 0 Å². The van der Waals surface area contributed by atoms with Gasteiger partial charge < -0.3 is 10.4 Å². The molecule has 0 saturated carbocycles. The van der Waals surface area contributed by atoms with E-state index in [-0.39, 0.29) is 11.3 Å². The summed E-state index contributed by atoms with van der Waals surface area (Å²) < 4.78 is 0. The highest BCUT2D eigenvalue weighted by Gasteiger charge is 2.33. The minimum Gasteiger partial charge on any atom is -0.506 e. The lowest BCUT2D eigenvalue weighted by Crippen LogP contribution is -2.28. The second-order valence-corrected chi connectivity index (χ2v) is 4.21. The number of hydrogen-bond donors (Lipinski definition) is 2. The third-order valence-electron chi connectivity index (χ3n) is 2.93. The van der Waals surface area contributed by atoms with Gasteiger partial charge in [0, 0.05) is 17.7 Å². The SMILES string of the molecule is CCCCNC(=O)C1=C(O)c2ccccc2C1=O. The van der Waals surface area contributed by atoms with Crippen molar-refractivity contribution >= 4 is 17.4 Å². The van der Waals surface area contributed by atoms with Crippen LogP contribution in [0.5, 0.6) is 0 Å². The summed E-state index contributed by atoms with van der Waals surface area (Å²) in [5, 5.41) is 12.6. The first kappa shape index (κ1) is 12.4. The maximum Gasteiger partial charge on any atom is 0.259 e. The molecular formula is C14H15NO3. The molecule has 18 heavy (non-hydrogen) atoms. The molecule has 94 valence electrons. The van der Waals surface area contributed by atoms with Crippen molar-refractivity contribution in [3.05, 3.63) is 41.0 Å². The number of unbranched alkanes of at least 4 members (excludes halogenated alkanes) is 1. The van der Waals surface area contributed by atoms with Crippen LogP contribution in [0.3, 0.4) is 0 Å². The number of hydrogen-bond acceptors (Lipinski definition) is 3. The molecule has 0 fully saturated rings. The normalized spacial score (nSPS) is 13.7. The Bertz CT molecular complexity index is 532. The number of carbonyl (C=O) groups is 2. The van der Waals surface area contributed by atoms with Gasteiger partial charge in [0.1, 0.15) is 11.3 Å². The fourth-order valence-electron chi connectivity index (χ4n) is 1.94. The third-order valence-corrected chi connectivity index (χ3v) is 2.93. The number of carbonyl (C=O) groups excluding carboxylic acids is 2. The molecule has 0 atom stereocenters. The van der Waals surface area contributed by atoms with Crippen molar-refractivity contribution in [1.29, 1.82) is 0 Å². The highest BCUT2D eigenvalue weighted by molar-refractivity contribution is 6.33. The summed E-state index contributed by atoms with van der Waals surface area (Å²) in [5.41, 5.74) is 0.672. The molecule has 1 amide bonds. The van der Waals surface area contributed by atoms with Gasteiger partial charge in [0.05, 0.1) is 0 Å². The van der Waals surface area contributed by atoms with Crippen LogP contribution in [-0.4, -0.2) is 23.3 Å². The molecule has 2 rings (SSSR count). The quantitative estimate of drug-likeness (QED) is 0.630. The second kappa shape index (κ2) is 5.04. The number of fused-ring (bicyclic) bond motifs is 1. The van der Waals surface area contributed by atoms with Crippen LogP contribution in [0, 0.1) is 0 Å². The van der Waals surface area contributed by atoms with Gasteiger partial charge in [0.25, 0.3) is 5.91 Å². The van der Waals surface area contributed by atoms with E-state index in [1.807, 2.05) is 6.92 Å². The predicted octanol–water partition coefficient (Wildman–Crippen LogP) is 2.07. The first-order chi connectivity index (χ1) is 8.66. The summed E-state index contributed by atoms with van der Waals surface area (Å²) in [6, 6.07) is 6.68. The van der Waals surface area contributed by atoms with E-state index in [1.54, 1.807) is 24.3 Å². The lowest BCUT2D eigenvalue weighted by molar-refractivity contribution is -0.117. The molecule has 0 spiro atoms. The zero-order chi connectivity index (χ0) is 13.1. The monoisotopic (exact) mass is 245 g/mol. The summed E-state index contributed by atoms with van der Waals surface area (Å²) in [6.07, 6.45) is 1.81. The van der Waals surface area contributed by atoms with Crippen LogP contribution < -0.4 is 5.32 Å². The molecule has 1 aliphatic rings. The summed E-state index contributed by atoms with van der Waals surface area (Å²) in [4.78, 5) is 23.9. The van der Waals surface area contributed by atoms with Crippen LogP contribution in [0.2, 0.25) is 0 Å². The molecule has 4 nitrogen and oxygen atoms in total. The topological polar surface area (TPSA) is 66.4 Å². The van der Waals surface area contributed by atoms with E-state index in [0.29, 0.717) is 17.7 Å². The van der Waals surface area contributed by atoms with Crippen LogP contribution in [0.1, 0.15) is 35.7 Å². The highest BCUT2D eigenvalue weighted by atomic mass is 16.3. The Labute approximate surface area is 105 Å². The Kier molecular flexibility index (Phi) is 3.46. The van der Waals surface area contributed by atoms with Gasteiger partial charge in [0.15, 0.2) is 0 Å². The van der Waals surface area contributed by atoms with E-state index < -0.39 is 11.7 Å². The molecule has 1 aromatic rings. The van der Waals surface area contributed by atoms with Gasteiger partial charge in [-0.15, -0.1) is 0 Å². The zero-order valence-electron chi connectivity index (χ0n) is 10.2. The van der Waals surface area contributed by atoms with Crippen LogP contribution >= 0.6 is 0 Å². The maximum atomic E-state index is 12.0. The number of aliphatic hydroxyl groups excluding tert-OH is 1. The number of amides is 1. The zero-order valence-corrected chi connectivity index (χ0v) is 10.2. The molecule has 0 unspecified atom stereocenters. The predicted molar refractivity (Wildman–Crippen MR) is 68.2 cm³/mol. The molecule has 0 radical (unpaired) electrons. The van der Waals surface area contributed by atoms with E-state index in [4.69, 9.17) is 0 Å². The molecule has 2 N–H and O–H groups in total. The van der Waals surface area contributed by atoms with Crippen LogP contribution in [-0.2, 0) is 4.79 Å². The molecular weight excluding hydrogens is 230 g/mol. The van der Waals surface area contributed by atoms with Crippen molar-refractivity contribution in [2.45, 2.75) is 19.8 Å². The maximum absolute atomic E-state index is 12.0. The summed E-state index contributed by atoms with van der Waals surface area (Å²) in [7, 11) is 0. The molecule has 0 aliphatic heterocycles. The van der Waals surface area contributed by atoms with Gasteiger partial charge in [-0.2, -0.15) is 0 Å². The Balaban J connectivity index is 2.23. The van der Waals surface area contributed by atoms with Gasteiger partial charge in [-0.05, 0) is 6.42 Å². The van der Waals surface area contributed by atoms with Crippen molar-refractivity contribution in [2.75, 3.05) is 6.54 Å². The number of aliphatic hydroxyl groups is 1. The average molecular weight is 245 g/mol. The van der Waals surface area contributed by atoms with E-state index in [0.717, 1.165) is 12.8 Å². The lowest BCUT2D eigenvalue weighted by atomic mass is 10.1. The Morgan fingerprint density at radius 2 is 1.94 bits per heavy atom. The largest absolute Gasteiger partial charge is 0.506 e. The smallest absolute Gasteiger partial charge is 0.259 e. The Hall–Kier alpha value is -2.10. The van der Waals surface area contributed by atoms with Crippen molar-refractivity contribution < 1.29 is 14.7 Å². The van der Waals surface area contributed by atoms with Gasteiger partial charge in [-0.3, -0.25) is 9.59 Å². The first-order valence-electron chi connectivity index (χ1n) is 6.02. The fourth-order valence-corrected chi connectivity index (χ4v) is 1.94. The van der Waals surface area contributed by atoms with Crippen molar-refractivity contribution in [1.82, 2.24) is 5.32 Å². The van der Waals surface area contributed by atoms with Crippen LogP contribution in [0.4, 0.5) is 0 Å². The lowest BCUT2D eigenvalue weighted by Gasteiger charge is -2.04. The van der Waals surface area contributed by atoms with Crippen molar-refractivity contribution in [3.63, 3.8) is 0 Å². The minimum atomic E-state index is -0.498. The summed E-state index contributed by atoms with van der Waals surface area (Å²) in [5.74, 6) is -1.12.